The van der Waals surface area contributed by atoms with Gasteiger partial charge < -0.3 is 4.18 Å². The summed E-state index contributed by atoms with van der Waals surface area (Å²) in [5.41, 5.74) is 0.870. The van der Waals surface area contributed by atoms with Gasteiger partial charge in [0, 0.05) is 11.1 Å². The second-order valence-corrected chi connectivity index (χ2v) is 6.39. The molecule has 0 saturated carbocycles. The van der Waals surface area contributed by atoms with E-state index in [9.17, 15) is 8.42 Å². The summed E-state index contributed by atoms with van der Waals surface area (Å²) in [6.07, 6.45) is 0. The fourth-order valence-electron chi connectivity index (χ4n) is 1.66. The molecule has 0 bridgehead atoms. The first-order valence-electron chi connectivity index (χ1n) is 5.57. The number of benzene rings is 2. The van der Waals surface area contributed by atoms with E-state index in [0.717, 1.165) is 0 Å². The summed E-state index contributed by atoms with van der Waals surface area (Å²) in [4.78, 5) is -0.174. The normalized spacial score (nSPS) is 11.7. The molecule has 3 aromatic rings. The first kappa shape index (κ1) is 14.1. The minimum absolute atomic E-state index is 0.0216. The van der Waals surface area contributed by atoms with E-state index in [1.54, 1.807) is 0 Å². The molecule has 0 aliphatic heterocycles. The molecular weight excluding hydrogens is 339 g/mol. The molecule has 0 aliphatic rings. The van der Waals surface area contributed by atoms with Crippen molar-refractivity contribution in [3.63, 3.8) is 0 Å². The number of hydrogen-bond donors (Lipinski definition) is 0. The summed E-state index contributed by atoms with van der Waals surface area (Å²) in [6, 6.07) is 8.37. The highest BCUT2D eigenvalue weighted by Gasteiger charge is 2.21. The molecule has 9 heteroatoms. The lowest BCUT2D eigenvalue weighted by molar-refractivity contribution is 0.315. The third-order valence-corrected chi connectivity index (χ3v) is 4.56. The molecular formula is C12H6Cl2N2O4S. The highest BCUT2D eigenvalue weighted by molar-refractivity contribution is 7.87. The second-order valence-electron chi connectivity index (χ2n) is 4.03. The van der Waals surface area contributed by atoms with Crippen molar-refractivity contribution in [2.24, 2.45) is 0 Å². The molecule has 0 aliphatic carbocycles. The Labute approximate surface area is 129 Å². The zero-order valence-electron chi connectivity index (χ0n) is 10.2. The maximum absolute atomic E-state index is 12.2. The van der Waals surface area contributed by atoms with E-state index >= 15 is 0 Å². The van der Waals surface area contributed by atoms with Gasteiger partial charge in [-0.3, -0.25) is 0 Å². The molecule has 1 heterocycles. The zero-order valence-corrected chi connectivity index (χ0v) is 12.5. The Balaban J connectivity index is 1.98. The van der Waals surface area contributed by atoms with Crippen molar-refractivity contribution in [3.05, 3.63) is 46.4 Å². The molecule has 0 saturated heterocycles. The summed E-state index contributed by atoms with van der Waals surface area (Å²) < 4.78 is 33.9. The molecule has 108 valence electrons. The molecule has 21 heavy (non-hydrogen) atoms. The van der Waals surface area contributed by atoms with Crippen LogP contribution >= 0.6 is 23.2 Å². The average molecular weight is 345 g/mol. The molecule has 1 aromatic heterocycles. The van der Waals surface area contributed by atoms with Crippen LogP contribution in [0, 0.1) is 0 Å². The fraction of sp³-hybridized carbons (Fsp3) is 0. The lowest BCUT2D eigenvalue weighted by Gasteiger charge is -2.08. The quantitative estimate of drug-likeness (QED) is 0.678. The molecule has 6 nitrogen and oxygen atoms in total. The van der Waals surface area contributed by atoms with Gasteiger partial charge in [0.2, 0.25) is 0 Å². The van der Waals surface area contributed by atoms with Gasteiger partial charge in [-0.15, -0.1) is 0 Å². The summed E-state index contributed by atoms with van der Waals surface area (Å²) in [7, 11) is -4.08. The topological polar surface area (TPSA) is 82.3 Å². The van der Waals surface area contributed by atoms with Gasteiger partial charge in [-0.2, -0.15) is 8.42 Å². The highest BCUT2D eigenvalue weighted by atomic mass is 35.5. The Kier molecular flexibility index (Phi) is 3.48. The van der Waals surface area contributed by atoms with Crippen molar-refractivity contribution < 1.29 is 17.2 Å². The average Bonchev–Trinajstić information content (AvgIpc) is 2.85. The van der Waals surface area contributed by atoms with Gasteiger partial charge in [0.05, 0.1) is 5.02 Å². The van der Waals surface area contributed by atoms with Crippen LogP contribution in [0.15, 0.2) is 45.9 Å². The number of hydrogen-bond acceptors (Lipinski definition) is 6. The largest absolute Gasteiger partial charge is 0.379 e. The zero-order chi connectivity index (χ0) is 15.0. The second kappa shape index (κ2) is 5.18. The van der Waals surface area contributed by atoms with Gasteiger partial charge in [-0.25, -0.2) is 4.63 Å². The predicted octanol–water partition coefficient (Wildman–Crippen LogP) is 3.30. The Morgan fingerprint density at radius 3 is 2.52 bits per heavy atom. The number of halogens is 2. The van der Waals surface area contributed by atoms with Gasteiger partial charge >= 0.3 is 10.1 Å². The standard InChI is InChI=1S/C12H6Cl2N2O4S/c13-7-1-4-12(9(14)5-7)21(17,18)19-8-2-3-10-11(6-8)16-20-15-10/h1-6H. The lowest BCUT2D eigenvalue weighted by atomic mass is 10.3. The van der Waals surface area contributed by atoms with Crippen molar-refractivity contribution in [2.45, 2.75) is 4.90 Å². The van der Waals surface area contributed by atoms with E-state index in [2.05, 4.69) is 14.9 Å². The Bertz CT molecular complexity index is 924. The summed E-state index contributed by atoms with van der Waals surface area (Å²) in [6.45, 7) is 0. The molecule has 2 aromatic carbocycles. The van der Waals surface area contributed by atoms with Gasteiger partial charge in [0.1, 0.15) is 21.7 Å². The first-order chi connectivity index (χ1) is 9.95. The van der Waals surface area contributed by atoms with Crippen LogP contribution in [0.5, 0.6) is 5.75 Å². The lowest BCUT2D eigenvalue weighted by Crippen LogP contribution is -2.10. The van der Waals surface area contributed by atoms with Crippen molar-refractivity contribution >= 4 is 44.4 Å². The third-order valence-electron chi connectivity index (χ3n) is 2.59. The Hall–Kier alpha value is -1.83. The maximum atomic E-state index is 12.2. The molecule has 0 spiro atoms. The monoisotopic (exact) mass is 344 g/mol. The summed E-state index contributed by atoms with van der Waals surface area (Å²) in [5, 5.41) is 7.52. The van der Waals surface area contributed by atoms with Crippen LogP contribution in [0.1, 0.15) is 0 Å². The SMILES string of the molecule is O=S(=O)(Oc1ccc2nonc2c1)c1ccc(Cl)cc1Cl. The van der Waals surface area contributed by atoms with Crippen LogP contribution < -0.4 is 4.18 Å². The van der Waals surface area contributed by atoms with E-state index in [4.69, 9.17) is 27.4 Å². The molecule has 0 fully saturated rings. The molecule has 0 radical (unpaired) electrons. The van der Waals surface area contributed by atoms with E-state index in [1.165, 1.54) is 36.4 Å². The summed E-state index contributed by atoms with van der Waals surface area (Å²) in [5.74, 6) is 0.0733. The number of nitrogens with zero attached hydrogens (tertiary/aromatic N) is 2. The minimum atomic E-state index is -4.08. The van der Waals surface area contributed by atoms with E-state index < -0.39 is 10.1 Å². The smallest absolute Gasteiger partial charge is 0.340 e. The van der Waals surface area contributed by atoms with E-state index in [-0.39, 0.29) is 15.7 Å². The minimum Gasteiger partial charge on any atom is -0.379 e. The van der Waals surface area contributed by atoms with Crippen LogP contribution in [0.2, 0.25) is 10.0 Å². The van der Waals surface area contributed by atoms with Crippen LogP contribution in [0.3, 0.4) is 0 Å². The van der Waals surface area contributed by atoms with Gasteiger partial charge in [-0.05, 0) is 40.6 Å². The molecule has 0 amide bonds. The Morgan fingerprint density at radius 2 is 1.76 bits per heavy atom. The summed E-state index contributed by atoms with van der Waals surface area (Å²) >= 11 is 11.6. The van der Waals surface area contributed by atoms with Crippen molar-refractivity contribution in [1.82, 2.24) is 10.3 Å². The molecule has 3 rings (SSSR count). The third kappa shape index (κ3) is 2.80. The highest BCUT2D eigenvalue weighted by Crippen LogP contribution is 2.28. The predicted molar refractivity (Wildman–Crippen MR) is 76.1 cm³/mol. The number of fused-ring (bicyclic) bond motifs is 1. The van der Waals surface area contributed by atoms with E-state index in [0.29, 0.717) is 16.1 Å². The molecule has 0 atom stereocenters. The van der Waals surface area contributed by atoms with Gasteiger partial charge in [-0.1, -0.05) is 23.2 Å². The van der Waals surface area contributed by atoms with Crippen LogP contribution in [0.25, 0.3) is 11.0 Å². The fourth-order valence-corrected chi connectivity index (χ4v) is 3.33. The van der Waals surface area contributed by atoms with Crippen molar-refractivity contribution in [3.8, 4) is 5.75 Å². The van der Waals surface area contributed by atoms with Crippen molar-refractivity contribution in [2.75, 3.05) is 0 Å². The maximum Gasteiger partial charge on any atom is 0.340 e. The van der Waals surface area contributed by atoms with Gasteiger partial charge in [0.25, 0.3) is 0 Å². The number of rotatable bonds is 3. The van der Waals surface area contributed by atoms with Gasteiger partial charge in [0.15, 0.2) is 0 Å². The molecule has 0 N–H and O–H groups in total. The Morgan fingerprint density at radius 1 is 1.00 bits per heavy atom. The first-order valence-corrected chi connectivity index (χ1v) is 7.74. The van der Waals surface area contributed by atoms with E-state index in [1.807, 2.05) is 0 Å². The van der Waals surface area contributed by atoms with Crippen molar-refractivity contribution in [1.29, 1.82) is 0 Å². The van der Waals surface area contributed by atoms with Crippen LogP contribution in [0.4, 0.5) is 0 Å². The van der Waals surface area contributed by atoms with Crippen LogP contribution in [-0.4, -0.2) is 18.7 Å². The number of aromatic nitrogens is 2. The molecule has 0 unspecified atom stereocenters. The van der Waals surface area contributed by atoms with Crippen LogP contribution in [-0.2, 0) is 10.1 Å².